The van der Waals surface area contributed by atoms with Crippen molar-refractivity contribution < 1.29 is 8.42 Å². The molecule has 0 spiro atoms. The van der Waals surface area contributed by atoms with Crippen LogP contribution in [0.15, 0.2) is 27.6 Å². The summed E-state index contributed by atoms with van der Waals surface area (Å²) in [5.41, 5.74) is 1.42. The van der Waals surface area contributed by atoms with E-state index in [0.29, 0.717) is 26.6 Å². The molecule has 20 heavy (non-hydrogen) atoms. The number of halogens is 2. The molecule has 0 aliphatic heterocycles. The highest BCUT2D eigenvalue weighted by atomic mass is 79.9. The van der Waals surface area contributed by atoms with Gasteiger partial charge in [-0.15, -0.1) is 0 Å². The molecule has 0 aliphatic carbocycles. The highest BCUT2D eigenvalue weighted by molar-refractivity contribution is 9.10. The van der Waals surface area contributed by atoms with E-state index in [4.69, 9.17) is 11.6 Å². The second kappa shape index (κ2) is 5.38. The normalized spacial score (nSPS) is 11.7. The molecule has 8 heteroatoms. The van der Waals surface area contributed by atoms with E-state index in [1.807, 2.05) is 0 Å². The van der Waals surface area contributed by atoms with Crippen molar-refractivity contribution in [3.05, 3.63) is 39.1 Å². The number of aromatic nitrogens is 2. The van der Waals surface area contributed by atoms with Crippen molar-refractivity contribution in [1.29, 1.82) is 0 Å². The first kappa shape index (κ1) is 15.3. The van der Waals surface area contributed by atoms with Crippen molar-refractivity contribution in [2.24, 2.45) is 7.05 Å². The largest absolute Gasteiger partial charge is 0.278 e. The summed E-state index contributed by atoms with van der Waals surface area (Å²) in [6, 6.07) is 4.90. The van der Waals surface area contributed by atoms with Gasteiger partial charge >= 0.3 is 0 Å². The summed E-state index contributed by atoms with van der Waals surface area (Å²) in [6.45, 7) is 3.37. The number of sulfonamides is 1. The van der Waals surface area contributed by atoms with Crippen LogP contribution >= 0.6 is 27.5 Å². The fourth-order valence-corrected chi connectivity index (χ4v) is 4.07. The second-order valence-corrected chi connectivity index (χ2v) is 7.26. The zero-order valence-electron chi connectivity index (χ0n) is 11.1. The summed E-state index contributed by atoms with van der Waals surface area (Å²) in [7, 11) is -2.01. The lowest BCUT2D eigenvalue weighted by Gasteiger charge is -2.10. The van der Waals surface area contributed by atoms with E-state index in [9.17, 15) is 8.42 Å². The number of nitrogens with one attached hydrogen (secondary N) is 1. The van der Waals surface area contributed by atoms with Gasteiger partial charge < -0.3 is 0 Å². The second-order valence-electron chi connectivity index (χ2n) is 4.35. The maximum absolute atomic E-state index is 12.5. The lowest BCUT2D eigenvalue weighted by molar-refractivity contribution is 0.599. The van der Waals surface area contributed by atoms with Crippen molar-refractivity contribution in [3.8, 4) is 0 Å². The SMILES string of the molecule is Cc1nn(C)c(C)c1S(=O)(=O)Nc1cc(Cl)ccc1Br. The first-order chi connectivity index (χ1) is 9.22. The molecule has 0 amide bonds. The molecule has 0 saturated heterocycles. The maximum atomic E-state index is 12.5. The standard InChI is InChI=1S/C12H13BrClN3O2S/c1-7-12(8(2)17(3)15-7)20(18,19)16-11-6-9(14)4-5-10(11)13/h4-6,16H,1-3H3. The molecular weight excluding hydrogens is 366 g/mol. The Bertz CT molecular complexity index is 771. The van der Waals surface area contributed by atoms with Crippen molar-refractivity contribution in [3.63, 3.8) is 0 Å². The summed E-state index contributed by atoms with van der Waals surface area (Å²) < 4.78 is 29.7. The van der Waals surface area contributed by atoms with Gasteiger partial charge in [0.25, 0.3) is 10.0 Å². The molecule has 0 aliphatic rings. The molecule has 0 unspecified atom stereocenters. The molecule has 0 radical (unpaired) electrons. The van der Waals surface area contributed by atoms with Crippen LogP contribution in [0.3, 0.4) is 0 Å². The van der Waals surface area contributed by atoms with Gasteiger partial charge in [-0.05, 0) is 48.0 Å². The zero-order valence-corrected chi connectivity index (χ0v) is 14.3. The molecule has 5 nitrogen and oxygen atoms in total. The fraction of sp³-hybridized carbons (Fsp3) is 0.250. The van der Waals surface area contributed by atoms with Crippen molar-refractivity contribution in [1.82, 2.24) is 9.78 Å². The van der Waals surface area contributed by atoms with Crippen LogP contribution in [0.5, 0.6) is 0 Å². The Morgan fingerprint density at radius 1 is 1.35 bits per heavy atom. The van der Waals surface area contributed by atoms with E-state index < -0.39 is 10.0 Å². The summed E-state index contributed by atoms with van der Waals surface area (Å²) >= 11 is 9.18. The average molecular weight is 379 g/mol. The zero-order chi connectivity index (χ0) is 15.1. The van der Waals surface area contributed by atoms with Crippen LogP contribution in [0.25, 0.3) is 0 Å². The predicted molar refractivity (Wildman–Crippen MR) is 82.6 cm³/mol. The molecule has 2 aromatic rings. The third-order valence-corrected chi connectivity index (χ3v) is 5.43. The third kappa shape index (κ3) is 2.84. The van der Waals surface area contributed by atoms with Crippen LogP contribution in [0.2, 0.25) is 5.02 Å². The van der Waals surface area contributed by atoms with E-state index in [0.717, 1.165) is 0 Å². The van der Waals surface area contributed by atoms with Gasteiger partial charge in [0, 0.05) is 16.5 Å². The molecule has 2 rings (SSSR count). The van der Waals surface area contributed by atoms with E-state index >= 15 is 0 Å². The van der Waals surface area contributed by atoms with Crippen molar-refractivity contribution >= 4 is 43.2 Å². The number of hydrogen-bond donors (Lipinski definition) is 1. The molecule has 108 valence electrons. The highest BCUT2D eigenvalue weighted by Crippen LogP contribution is 2.29. The molecule has 0 saturated carbocycles. The summed E-state index contributed by atoms with van der Waals surface area (Å²) in [5, 5.41) is 4.57. The lowest BCUT2D eigenvalue weighted by atomic mass is 10.3. The van der Waals surface area contributed by atoms with Gasteiger partial charge in [-0.2, -0.15) is 5.10 Å². The molecular formula is C12H13BrClN3O2S. The number of anilines is 1. The van der Waals surface area contributed by atoms with Crippen LogP contribution in [0, 0.1) is 13.8 Å². The number of benzene rings is 1. The van der Waals surface area contributed by atoms with Crippen molar-refractivity contribution in [2.75, 3.05) is 4.72 Å². The minimum Gasteiger partial charge on any atom is -0.278 e. The molecule has 0 atom stereocenters. The monoisotopic (exact) mass is 377 g/mol. The van der Waals surface area contributed by atoms with E-state index in [-0.39, 0.29) is 4.90 Å². The highest BCUT2D eigenvalue weighted by Gasteiger charge is 2.24. The Kier molecular flexibility index (Phi) is 4.13. The smallest absolute Gasteiger partial charge is 0.265 e. The number of aryl methyl sites for hydroxylation is 2. The third-order valence-electron chi connectivity index (χ3n) is 2.88. The minimum absolute atomic E-state index is 0.187. The van der Waals surface area contributed by atoms with Gasteiger partial charge in [0.15, 0.2) is 0 Å². The number of rotatable bonds is 3. The molecule has 1 aromatic heterocycles. The van der Waals surface area contributed by atoms with Crippen molar-refractivity contribution in [2.45, 2.75) is 18.7 Å². The number of nitrogens with zero attached hydrogens (tertiary/aromatic N) is 2. The van der Waals surface area contributed by atoms with Gasteiger partial charge in [-0.1, -0.05) is 11.6 Å². The molecule has 1 aromatic carbocycles. The van der Waals surface area contributed by atoms with Gasteiger partial charge in [0.2, 0.25) is 0 Å². The molecule has 0 bridgehead atoms. The predicted octanol–water partition coefficient (Wildman–Crippen LogP) is 3.25. The van der Waals surface area contributed by atoms with Gasteiger partial charge in [-0.3, -0.25) is 9.40 Å². The molecule has 1 heterocycles. The van der Waals surface area contributed by atoms with Crippen LogP contribution in [0.1, 0.15) is 11.4 Å². The van der Waals surface area contributed by atoms with Crippen LogP contribution in [-0.4, -0.2) is 18.2 Å². The Labute approximate surface area is 131 Å². The maximum Gasteiger partial charge on any atom is 0.265 e. The quantitative estimate of drug-likeness (QED) is 0.891. The average Bonchev–Trinajstić information content (AvgIpc) is 2.58. The van der Waals surface area contributed by atoms with Crippen LogP contribution < -0.4 is 4.72 Å². The Balaban J connectivity index is 2.49. The first-order valence-electron chi connectivity index (χ1n) is 5.70. The summed E-state index contributed by atoms with van der Waals surface area (Å²) in [6.07, 6.45) is 0. The summed E-state index contributed by atoms with van der Waals surface area (Å²) in [5.74, 6) is 0. The van der Waals surface area contributed by atoms with Crippen LogP contribution in [0.4, 0.5) is 5.69 Å². The van der Waals surface area contributed by atoms with Gasteiger partial charge in [0.05, 0.1) is 17.1 Å². The fourth-order valence-electron chi connectivity index (χ4n) is 1.91. The van der Waals surface area contributed by atoms with E-state index in [1.54, 1.807) is 39.1 Å². The van der Waals surface area contributed by atoms with Gasteiger partial charge in [0.1, 0.15) is 4.90 Å². The van der Waals surface area contributed by atoms with E-state index in [1.165, 1.54) is 4.68 Å². The lowest BCUT2D eigenvalue weighted by Crippen LogP contribution is -2.15. The first-order valence-corrected chi connectivity index (χ1v) is 8.36. The molecule has 1 N–H and O–H groups in total. The van der Waals surface area contributed by atoms with Crippen LogP contribution in [-0.2, 0) is 17.1 Å². The summed E-state index contributed by atoms with van der Waals surface area (Å²) in [4.78, 5) is 0.187. The Morgan fingerprint density at radius 2 is 2.00 bits per heavy atom. The Hall–Kier alpha value is -1.05. The van der Waals surface area contributed by atoms with E-state index in [2.05, 4.69) is 25.8 Å². The topological polar surface area (TPSA) is 64.0 Å². The number of hydrogen-bond acceptors (Lipinski definition) is 3. The Morgan fingerprint density at radius 3 is 2.55 bits per heavy atom. The molecule has 0 fully saturated rings. The minimum atomic E-state index is -3.72. The van der Waals surface area contributed by atoms with Gasteiger partial charge in [-0.25, -0.2) is 8.42 Å².